The van der Waals surface area contributed by atoms with Crippen molar-refractivity contribution < 1.29 is 9.72 Å². The summed E-state index contributed by atoms with van der Waals surface area (Å²) in [5.41, 5.74) is 2.71. The zero-order chi connectivity index (χ0) is 17.8. The molecule has 0 spiro atoms. The first-order chi connectivity index (χ1) is 12.1. The van der Waals surface area contributed by atoms with E-state index in [1.807, 2.05) is 36.6 Å². The van der Waals surface area contributed by atoms with E-state index >= 15 is 0 Å². The lowest BCUT2D eigenvalue weighted by molar-refractivity contribution is -0.385. The summed E-state index contributed by atoms with van der Waals surface area (Å²) in [6.45, 7) is 2.42. The van der Waals surface area contributed by atoms with E-state index in [0.29, 0.717) is 11.4 Å². The van der Waals surface area contributed by atoms with Crippen LogP contribution in [0.25, 0.3) is 0 Å². The number of aromatic nitrogens is 2. The molecule has 0 aliphatic rings. The van der Waals surface area contributed by atoms with E-state index in [1.165, 1.54) is 28.4 Å². The van der Waals surface area contributed by atoms with Gasteiger partial charge in [-0.15, -0.1) is 11.3 Å². The monoisotopic (exact) mass is 356 g/mol. The number of hydrogen-bond donors (Lipinski definition) is 1. The van der Waals surface area contributed by atoms with Crippen molar-refractivity contribution >= 4 is 28.6 Å². The Kier molecular flexibility index (Phi) is 4.90. The number of thiophene rings is 1. The molecule has 128 valence electrons. The third kappa shape index (κ3) is 3.92. The Morgan fingerprint density at radius 2 is 2.20 bits per heavy atom. The lowest BCUT2D eigenvalue weighted by atomic mass is 10.1. The molecule has 3 rings (SSSR count). The van der Waals surface area contributed by atoms with Crippen LogP contribution in [0.3, 0.4) is 0 Å². The quantitative estimate of drug-likeness (QED) is 0.538. The van der Waals surface area contributed by atoms with E-state index in [4.69, 9.17) is 0 Å². The van der Waals surface area contributed by atoms with E-state index < -0.39 is 4.92 Å². The standard InChI is InChI=1S/C17H16N4O3S/c1-2-13-5-3-4-6-15(13)19-17(22)16-7-12(11-25-16)9-20-10-14(8-18-20)21(23)24/h3-8,10-11H,2,9H2,1H3,(H,19,22). The number of benzene rings is 1. The van der Waals surface area contributed by atoms with Gasteiger partial charge in [0.25, 0.3) is 5.91 Å². The second-order valence-electron chi connectivity index (χ2n) is 5.44. The summed E-state index contributed by atoms with van der Waals surface area (Å²) in [4.78, 5) is 23.2. The van der Waals surface area contributed by atoms with Crippen molar-refractivity contribution in [2.75, 3.05) is 5.32 Å². The molecule has 0 aliphatic heterocycles. The second-order valence-corrected chi connectivity index (χ2v) is 6.35. The molecule has 1 N–H and O–H groups in total. The summed E-state index contributed by atoms with van der Waals surface area (Å²) in [7, 11) is 0. The number of hydrogen-bond acceptors (Lipinski definition) is 5. The van der Waals surface area contributed by atoms with Crippen LogP contribution >= 0.6 is 11.3 Å². The van der Waals surface area contributed by atoms with Crippen molar-refractivity contribution in [2.45, 2.75) is 19.9 Å². The summed E-state index contributed by atoms with van der Waals surface area (Å²) in [6.07, 6.45) is 3.42. The average molecular weight is 356 g/mol. The highest BCUT2D eigenvalue weighted by molar-refractivity contribution is 7.12. The molecule has 0 fully saturated rings. The maximum Gasteiger partial charge on any atom is 0.307 e. The van der Waals surface area contributed by atoms with Gasteiger partial charge in [-0.2, -0.15) is 5.10 Å². The number of nitrogens with zero attached hydrogens (tertiary/aromatic N) is 3. The second kappa shape index (κ2) is 7.27. The number of nitrogens with one attached hydrogen (secondary N) is 1. The predicted octanol–water partition coefficient (Wildman–Crippen LogP) is 3.72. The van der Waals surface area contributed by atoms with Crippen molar-refractivity contribution in [3.63, 3.8) is 0 Å². The SMILES string of the molecule is CCc1ccccc1NC(=O)c1cc(Cn2cc([N+](=O)[O-])cn2)cs1. The molecule has 0 saturated heterocycles. The summed E-state index contributed by atoms with van der Waals surface area (Å²) >= 11 is 1.34. The molecule has 1 amide bonds. The normalized spacial score (nSPS) is 10.6. The van der Waals surface area contributed by atoms with Crippen molar-refractivity contribution in [1.82, 2.24) is 9.78 Å². The molecule has 0 aliphatic carbocycles. The van der Waals surface area contributed by atoms with Crippen LogP contribution in [0, 0.1) is 10.1 Å². The maximum atomic E-state index is 12.4. The molecule has 0 radical (unpaired) electrons. The van der Waals surface area contributed by atoms with Gasteiger partial charge >= 0.3 is 5.69 Å². The maximum absolute atomic E-state index is 12.4. The Morgan fingerprint density at radius 1 is 1.40 bits per heavy atom. The van der Waals surface area contributed by atoms with Crippen molar-refractivity contribution in [1.29, 1.82) is 0 Å². The molecule has 25 heavy (non-hydrogen) atoms. The Hall–Kier alpha value is -3.00. The molecule has 2 aromatic heterocycles. The minimum absolute atomic E-state index is 0.0515. The Bertz CT molecular complexity index is 916. The van der Waals surface area contributed by atoms with Gasteiger partial charge in [0.05, 0.1) is 16.3 Å². The minimum atomic E-state index is -0.485. The highest BCUT2D eigenvalue weighted by Gasteiger charge is 2.13. The number of rotatable bonds is 6. The molecule has 8 heteroatoms. The van der Waals surface area contributed by atoms with Crippen LogP contribution in [0.4, 0.5) is 11.4 Å². The Labute approximate surface area is 148 Å². The molecule has 2 heterocycles. The van der Waals surface area contributed by atoms with Gasteiger partial charge in [0.1, 0.15) is 12.4 Å². The number of anilines is 1. The van der Waals surface area contributed by atoms with E-state index in [1.54, 1.807) is 6.07 Å². The average Bonchev–Trinajstić information content (AvgIpc) is 3.25. The molecule has 0 unspecified atom stereocenters. The van der Waals surface area contributed by atoms with Gasteiger partial charge in [-0.25, -0.2) is 0 Å². The van der Waals surface area contributed by atoms with E-state index in [-0.39, 0.29) is 11.6 Å². The molecule has 7 nitrogen and oxygen atoms in total. The van der Waals surface area contributed by atoms with Gasteiger partial charge in [-0.05, 0) is 35.1 Å². The highest BCUT2D eigenvalue weighted by atomic mass is 32.1. The largest absolute Gasteiger partial charge is 0.321 e. The smallest absolute Gasteiger partial charge is 0.307 e. The van der Waals surface area contributed by atoms with Gasteiger partial charge in [0, 0.05) is 5.69 Å². The number of aryl methyl sites for hydroxylation is 1. The zero-order valence-corrected chi connectivity index (χ0v) is 14.3. The summed E-state index contributed by atoms with van der Waals surface area (Å²) in [5, 5.41) is 19.4. The third-order valence-electron chi connectivity index (χ3n) is 3.70. The first kappa shape index (κ1) is 16.8. The fourth-order valence-corrected chi connectivity index (χ4v) is 3.23. The Morgan fingerprint density at radius 3 is 2.92 bits per heavy atom. The number of para-hydroxylation sites is 1. The van der Waals surface area contributed by atoms with E-state index in [9.17, 15) is 14.9 Å². The minimum Gasteiger partial charge on any atom is -0.321 e. The van der Waals surface area contributed by atoms with Gasteiger partial charge in [0.2, 0.25) is 0 Å². The van der Waals surface area contributed by atoms with Crippen LogP contribution in [0.2, 0.25) is 0 Å². The lowest BCUT2D eigenvalue weighted by Crippen LogP contribution is -2.11. The predicted molar refractivity (Wildman–Crippen MR) is 96.1 cm³/mol. The van der Waals surface area contributed by atoms with E-state index in [2.05, 4.69) is 10.4 Å². The summed E-state index contributed by atoms with van der Waals surface area (Å²) in [6, 6.07) is 9.48. The first-order valence-corrected chi connectivity index (χ1v) is 8.58. The fraction of sp³-hybridized carbons (Fsp3) is 0.176. The third-order valence-corrected chi connectivity index (χ3v) is 4.68. The van der Waals surface area contributed by atoms with Crippen LogP contribution in [-0.4, -0.2) is 20.6 Å². The molecular formula is C17H16N4O3S. The highest BCUT2D eigenvalue weighted by Crippen LogP contribution is 2.21. The lowest BCUT2D eigenvalue weighted by Gasteiger charge is -2.08. The van der Waals surface area contributed by atoms with Crippen LogP contribution in [0.5, 0.6) is 0 Å². The van der Waals surface area contributed by atoms with Crippen LogP contribution < -0.4 is 5.32 Å². The number of amides is 1. The van der Waals surface area contributed by atoms with Gasteiger partial charge < -0.3 is 5.32 Å². The Balaban J connectivity index is 1.70. The summed E-state index contributed by atoms with van der Waals surface area (Å²) in [5.74, 6) is -0.163. The van der Waals surface area contributed by atoms with Crippen LogP contribution in [-0.2, 0) is 13.0 Å². The summed E-state index contributed by atoms with van der Waals surface area (Å²) < 4.78 is 1.48. The molecule has 0 atom stereocenters. The first-order valence-electron chi connectivity index (χ1n) is 7.70. The van der Waals surface area contributed by atoms with Crippen LogP contribution in [0.1, 0.15) is 27.7 Å². The number of nitro groups is 1. The topological polar surface area (TPSA) is 90.1 Å². The van der Waals surface area contributed by atoms with Gasteiger partial charge in [-0.3, -0.25) is 19.6 Å². The fourth-order valence-electron chi connectivity index (χ4n) is 2.43. The van der Waals surface area contributed by atoms with Gasteiger partial charge in [-0.1, -0.05) is 25.1 Å². The molecule has 0 bridgehead atoms. The van der Waals surface area contributed by atoms with Crippen molar-refractivity contribution in [2.24, 2.45) is 0 Å². The molecule has 3 aromatic rings. The molecular weight excluding hydrogens is 340 g/mol. The molecule has 1 aromatic carbocycles. The number of carbonyl (C=O) groups excluding carboxylic acids is 1. The molecule has 0 saturated carbocycles. The van der Waals surface area contributed by atoms with E-state index in [0.717, 1.165) is 23.2 Å². The number of carbonyl (C=O) groups is 1. The van der Waals surface area contributed by atoms with Crippen LogP contribution in [0.15, 0.2) is 48.1 Å². The van der Waals surface area contributed by atoms with Crippen molar-refractivity contribution in [3.05, 3.63) is 74.2 Å². The van der Waals surface area contributed by atoms with Gasteiger partial charge in [0.15, 0.2) is 0 Å². The van der Waals surface area contributed by atoms with Crippen molar-refractivity contribution in [3.8, 4) is 0 Å². The zero-order valence-electron chi connectivity index (χ0n) is 13.5.